The van der Waals surface area contributed by atoms with Gasteiger partial charge in [0.25, 0.3) is 0 Å². The molecule has 5 heteroatoms. The van der Waals surface area contributed by atoms with E-state index in [1.165, 1.54) is 11.6 Å². The highest BCUT2D eigenvalue weighted by atomic mass is 19.1. The van der Waals surface area contributed by atoms with E-state index in [-0.39, 0.29) is 11.4 Å². The van der Waals surface area contributed by atoms with Crippen LogP contribution in [0.4, 0.5) is 4.39 Å². The maximum atomic E-state index is 14.7. The highest BCUT2D eigenvalue weighted by molar-refractivity contribution is 5.82. The number of guanidine groups is 1. The Kier molecular flexibility index (Phi) is 4.22. The number of aryl methyl sites for hydroxylation is 1. The Morgan fingerprint density at radius 3 is 2.59 bits per heavy atom. The average molecular weight is 367 g/mol. The summed E-state index contributed by atoms with van der Waals surface area (Å²) >= 11 is 0. The minimum absolute atomic E-state index is 0.173. The normalized spacial score (nSPS) is 22.0. The van der Waals surface area contributed by atoms with Gasteiger partial charge in [0.05, 0.1) is 0 Å². The number of hydroxylamine groups is 2. The first-order chi connectivity index (χ1) is 12.8. The van der Waals surface area contributed by atoms with Gasteiger partial charge in [-0.1, -0.05) is 36.4 Å². The van der Waals surface area contributed by atoms with Crippen molar-refractivity contribution < 1.29 is 9.23 Å². The zero-order chi connectivity index (χ0) is 19.2. The fraction of sp³-hybridized carbons (Fsp3) is 0.409. The molecule has 4 nitrogen and oxygen atoms in total. The van der Waals surface area contributed by atoms with Gasteiger partial charge in [-0.05, 0) is 57.2 Å². The van der Waals surface area contributed by atoms with Gasteiger partial charge in [0.2, 0.25) is 11.7 Å². The molecule has 1 aliphatic heterocycles. The molecule has 1 spiro atoms. The van der Waals surface area contributed by atoms with E-state index in [4.69, 9.17) is 9.83 Å². The summed E-state index contributed by atoms with van der Waals surface area (Å²) in [5.41, 5.74) is 2.41. The van der Waals surface area contributed by atoms with E-state index < -0.39 is 5.72 Å². The van der Waals surface area contributed by atoms with E-state index in [2.05, 4.69) is 32.2 Å². The summed E-state index contributed by atoms with van der Waals surface area (Å²) in [6.45, 7) is 6.23. The predicted molar refractivity (Wildman–Crippen MR) is 105 cm³/mol. The number of halogens is 1. The van der Waals surface area contributed by atoms with Crippen molar-refractivity contribution in [3.05, 3.63) is 70.5 Å². The van der Waals surface area contributed by atoms with E-state index in [0.29, 0.717) is 17.9 Å². The Morgan fingerprint density at radius 2 is 1.81 bits per heavy atom. The molecule has 0 fully saturated rings. The second-order valence-electron chi connectivity index (χ2n) is 8.32. The first-order valence-corrected chi connectivity index (χ1v) is 9.47. The Morgan fingerprint density at radius 1 is 1.07 bits per heavy atom. The third-order valence-corrected chi connectivity index (χ3v) is 5.06. The largest absolute Gasteiger partial charge is 0.350 e. The van der Waals surface area contributed by atoms with Gasteiger partial charge in [-0.3, -0.25) is 0 Å². The maximum Gasteiger partial charge on any atom is 0.240 e. The Bertz CT molecular complexity index is 903. The Balaban J connectivity index is 1.98. The summed E-state index contributed by atoms with van der Waals surface area (Å²) in [6.07, 6.45) is 2.44. The summed E-state index contributed by atoms with van der Waals surface area (Å²) in [6, 6.07) is 13.4. The lowest BCUT2D eigenvalue weighted by Crippen LogP contribution is -2.46. The van der Waals surface area contributed by atoms with Crippen molar-refractivity contribution in [3.63, 3.8) is 0 Å². The first-order valence-electron chi connectivity index (χ1n) is 9.47. The van der Waals surface area contributed by atoms with Crippen molar-refractivity contribution in [3.8, 4) is 0 Å². The molecule has 27 heavy (non-hydrogen) atoms. The van der Waals surface area contributed by atoms with Gasteiger partial charge in [0.15, 0.2) is 0 Å². The van der Waals surface area contributed by atoms with Crippen LogP contribution in [0.2, 0.25) is 0 Å². The molecule has 4 rings (SSSR count). The van der Waals surface area contributed by atoms with Gasteiger partial charge in [-0.15, -0.1) is 0 Å². The molecule has 2 aliphatic rings. The molecule has 0 aromatic heterocycles. The molecule has 2 aromatic rings. The van der Waals surface area contributed by atoms with Crippen LogP contribution in [0.25, 0.3) is 0 Å². The summed E-state index contributed by atoms with van der Waals surface area (Å²) in [4.78, 5) is 11.4. The topological polar surface area (TPSA) is 36.9 Å². The molecule has 0 saturated carbocycles. The fourth-order valence-electron chi connectivity index (χ4n) is 3.94. The van der Waals surface area contributed by atoms with Crippen LogP contribution in [0, 0.1) is 5.82 Å². The monoisotopic (exact) mass is 367 g/mol. The van der Waals surface area contributed by atoms with Crippen molar-refractivity contribution in [2.45, 2.75) is 51.3 Å². The van der Waals surface area contributed by atoms with Gasteiger partial charge in [0.1, 0.15) is 5.82 Å². The van der Waals surface area contributed by atoms with Crippen LogP contribution in [-0.4, -0.2) is 23.6 Å². The SMILES string of the molecule is CN1OC2(N=C1NC(C)(C)C)c1ccccc1CCCc1c(F)cccc12. The molecular formula is C22H26FN3O. The molecule has 142 valence electrons. The lowest BCUT2D eigenvalue weighted by Gasteiger charge is -2.32. The van der Waals surface area contributed by atoms with Gasteiger partial charge in [-0.25, -0.2) is 19.3 Å². The highest BCUT2D eigenvalue weighted by Gasteiger charge is 2.47. The van der Waals surface area contributed by atoms with Crippen LogP contribution in [0.1, 0.15) is 49.4 Å². The average Bonchev–Trinajstić information content (AvgIpc) is 2.91. The number of nitrogens with zero attached hydrogens (tertiary/aromatic N) is 2. The molecule has 0 amide bonds. The number of rotatable bonds is 0. The number of benzene rings is 2. The zero-order valence-electron chi connectivity index (χ0n) is 16.3. The van der Waals surface area contributed by atoms with Crippen molar-refractivity contribution in [1.82, 2.24) is 10.4 Å². The van der Waals surface area contributed by atoms with Crippen molar-refractivity contribution in [2.24, 2.45) is 4.99 Å². The minimum Gasteiger partial charge on any atom is -0.350 e. The zero-order valence-corrected chi connectivity index (χ0v) is 16.3. The second-order valence-corrected chi connectivity index (χ2v) is 8.32. The molecule has 1 aliphatic carbocycles. The Labute approximate surface area is 160 Å². The third-order valence-electron chi connectivity index (χ3n) is 5.06. The van der Waals surface area contributed by atoms with Crippen molar-refractivity contribution in [1.29, 1.82) is 0 Å². The molecule has 1 unspecified atom stereocenters. The second kappa shape index (κ2) is 6.34. The number of aliphatic imine (C=N–C) groups is 1. The van der Waals surface area contributed by atoms with Crippen LogP contribution in [0.5, 0.6) is 0 Å². The van der Waals surface area contributed by atoms with E-state index in [0.717, 1.165) is 24.0 Å². The Hall–Kier alpha value is -2.40. The molecular weight excluding hydrogens is 341 g/mol. The van der Waals surface area contributed by atoms with Gasteiger partial charge >= 0.3 is 0 Å². The number of hydrogen-bond donors (Lipinski definition) is 1. The van der Waals surface area contributed by atoms with Crippen LogP contribution >= 0.6 is 0 Å². The van der Waals surface area contributed by atoms with Crippen LogP contribution in [0.3, 0.4) is 0 Å². The van der Waals surface area contributed by atoms with E-state index in [1.807, 2.05) is 31.3 Å². The quantitative estimate of drug-likeness (QED) is 0.760. The summed E-state index contributed by atoms with van der Waals surface area (Å²) in [5.74, 6) is 0.457. The third kappa shape index (κ3) is 3.10. The lowest BCUT2D eigenvalue weighted by molar-refractivity contribution is -0.154. The van der Waals surface area contributed by atoms with Crippen LogP contribution in [-0.2, 0) is 23.4 Å². The van der Waals surface area contributed by atoms with E-state index in [9.17, 15) is 4.39 Å². The highest BCUT2D eigenvalue weighted by Crippen LogP contribution is 2.44. The molecule has 1 atom stereocenters. The smallest absolute Gasteiger partial charge is 0.240 e. The number of nitrogens with one attached hydrogen (secondary N) is 1. The maximum absolute atomic E-state index is 14.7. The van der Waals surface area contributed by atoms with E-state index in [1.54, 1.807) is 11.1 Å². The molecule has 1 heterocycles. The van der Waals surface area contributed by atoms with Gasteiger partial charge < -0.3 is 5.32 Å². The van der Waals surface area contributed by atoms with Crippen molar-refractivity contribution in [2.75, 3.05) is 7.05 Å². The molecule has 0 radical (unpaired) electrons. The summed E-state index contributed by atoms with van der Waals surface area (Å²) in [5, 5.41) is 5.07. The summed E-state index contributed by atoms with van der Waals surface area (Å²) in [7, 11) is 1.84. The summed E-state index contributed by atoms with van der Waals surface area (Å²) < 4.78 is 14.7. The van der Waals surface area contributed by atoms with Crippen LogP contribution < -0.4 is 5.32 Å². The van der Waals surface area contributed by atoms with Crippen LogP contribution in [0.15, 0.2) is 47.5 Å². The van der Waals surface area contributed by atoms with Crippen molar-refractivity contribution >= 4 is 5.96 Å². The number of fused-ring (bicyclic) bond motifs is 4. The lowest BCUT2D eigenvalue weighted by atomic mass is 9.82. The minimum atomic E-state index is -1.07. The standard InChI is InChI=1S/C22H26FN3O/c1-21(2,3)24-20-25-22(27-26(20)4)17-12-6-5-9-15(17)10-7-11-16-18(22)13-8-14-19(16)23/h5-6,8-9,12-14H,7,10-11H2,1-4H3,(H,24,25). The molecule has 0 bridgehead atoms. The molecule has 1 N–H and O–H groups in total. The van der Waals surface area contributed by atoms with E-state index >= 15 is 0 Å². The fourth-order valence-corrected chi connectivity index (χ4v) is 3.94. The first kappa shape index (κ1) is 18.0. The number of hydrogen-bond acceptors (Lipinski definition) is 4. The van der Waals surface area contributed by atoms with Gasteiger partial charge in [0, 0.05) is 23.7 Å². The molecule has 2 aromatic carbocycles. The van der Waals surface area contributed by atoms with Gasteiger partial charge in [-0.2, -0.15) is 0 Å². The molecule has 0 saturated heterocycles. The predicted octanol–water partition coefficient (Wildman–Crippen LogP) is 4.14.